The highest BCUT2D eigenvalue weighted by molar-refractivity contribution is 5.91. The van der Waals surface area contributed by atoms with E-state index in [9.17, 15) is 9.90 Å². The number of nitrogens with zero attached hydrogens (tertiary/aromatic N) is 3. The minimum absolute atomic E-state index is 0.0110. The molecule has 2 aromatic carbocycles. The Morgan fingerprint density at radius 1 is 1.18 bits per heavy atom. The van der Waals surface area contributed by atoms with Crippen LogP contribution in [0.25, 0.3) is 33.7 Å². The van der Waals surface area contributed by atoms with E-state index in [1.165, 1.54) is 4.57 Å². The maximum atomic E-state index is 13.1. The molecule has 28 heavy (non-hydrogen) atoms. The van der Waals surface area contributed by atoms with Crippen LogP contribution in [-0.4, -0.2) is 19.8 Å². The van der Waals surface area contributed by atoms with Crippen LogP contribution < -0.4 is 5.56 Å². The molecule has 0 radical (unpaired) electrons. The maximum absolute atomic E-state index is 13.1. The Hall–Kier alpha value is -3.67. The number of aromatic nitrogens is 3. The van der Waals surface area contributed by atoms with Gasteiger partial charge < -0.3 is 14.2 Å². The third kappa shape index (κ3) is 2.79. The molecule has 0 aliphatic carbocycles. The van der Waals surface area contributed by atoms with E-state index in [0.29, 0.717) is 23.3 Å². The second-order valence-electron chi connectivity index (χ2n) is 6.67. The van der Waals surface area contributed by atoms with Gasteiger partial charge in [-0.15, -0.1) is 6.58 Å². The molecule has 6 heteroatoms. The molecule has 0 saturated heterocycles. The molecule has 6 nitrogen and oxygen atoms in total. The lowest BCUT2D eigenvalue weighted by atomic mass is 10.1. The SMILES string of the molecule is C=CCn1c(=O)c(-c2nc(-c3ccc(C)c(C)c3)no2)c(O)c2ccccc21. The summed E-state index contributed by atoms with van der Waals surface area (Å²) in [5, 5.41) is 15.3. The van der Waals surface area contributed by atoms with Crippen LogP contribution in [0.15, 0.2) is 64.4 Å². The average Bonchev–Trinajstić information content (AvgIpc) is 3.17. The molecule has 0 unspecified atom stereocenters. The van der Waals surface area contributed by atoms with Crippen LogP contribution in [0.4, 0.5) is 0 Å². The van der Waals surface area contributed by atoms with E-state index in [2.05, 4.69) is 16.7 Å². The van der Waals surface area contributed by atoms with E-state index in [1.807, 2.05) is 38.1 Å². The molecule has 140 valence electrons. The first kappa shape index (κ1) is 17.7. The van der Waals surface area contributed by atoms with Crippen molar-refractivity contribution in [2.24, 2.45) is 0 Å². The van der Waals surface area contributed by atoms with Gasteiger partial charge in [-0.05, 0) is 43.2 Å². The number of hydrogen-bond acceptors (Lipinski definition) is 5. The van der Waals surface area contributed by atoms with Crippen LogP contribution in [0, 0.1) is 13.8 Å². The van der Waals surface area contributed by atoms with Gasteiger partial charge in [0.25, 0.3) is 11.4 Å². The minimum Gasteiger partial charge on any atom is -0.506 e. The highest BCUT2D eigenvalue weighted by Crippen LogP contribution is 2.33. The minimum atomic E-state index is -0.411. The second-order valence-corrected chi connectivity index (χ2v) is 6.67. The largest absolute Gasteiger partial charge is 0.506 e. The van der Waals surface area contributed by atoms with Crippen molar-refractivity contribution in [3.05, 3.63) is 76.6 Å². The fourth-order valence-electron chi connectivity index (χ4n) is 3.22. The number of aryl methyl sites for hydroxylation is 2. The molecular formula is C22H19N3O3. The molecule has 0 amide bonds. The van der Waals surface area contributed by atoms with Gasteiger partial charge in [0, 0.05) is 17.5 Å². The van der Waals surface area contributed by atoms with Crippen molar-refractivity contribution >= 4 is 10.9 Å². The third-order valence-electron chi connectivity index (χ3n) is 4.86. The van der Waals surface area contributed by atoms with Gasteiger partial charge in [-0.25, -0.2) is 0 Å². The average molecular weight is 373 g/mol. The highest BCUT2D eigenvalue weighted by atomic mass is 16.5. The van der Waals surface area contributed by atoms with Gasteiger partial charge >= 0.3 is 0 Å². The van der Waals surface area contributed by atoms with Crippen LogP contribution in [0.5, 0.6) is 5.75 Å². The number of para-hydroxylation sites is 1. The van der Waals surface area contributed by atoms with Crippen molar-refractivity contribution in [2.75, 3.05) is 0 Å². The summed E-state index contributed by atoms with van der Waals surface area (Å²) in [6, 6.07) is 13.0. The topological polar surface area (TPSA) is 81.2 Å². The molecule has 2 aromatic heterocycles. The molecule has 0 saturated carbocycles. The Morgan fingerprint density at radius 2 is 1.96 bits per heavy atom. The maximum Gasteiger partial charge on any atom is 0.268 e. The summed E-state index contributed by atoms with van der Waals surface area (Å²) in [4.78, 5) is 17.4. The lowest BCUT2D eigenvalue weighted by Crippen LogP contribution is -2.22. The van der Waals surface area contributed by atoms with Gasteiger partial charge in [-0.1, -0.05) is 35.5 Å². The summed E-state index contributed by atoms with van der Waals surface area (Å²) in [6.45, 7) is 8.04. The van der Waals surface area contributed by atoms with Crippen molar-refractivity contribution in [3.8, 4) is 28.6 Å². The number of allylic oxidation sites excluding steroid dienone is 1. The molecule has 0 bridgehead atoms. The van der Waals surface area contributed by atoms with Crippen LogP contribution in [0.2, 0.25) is 0 Å². The second kappa shape index (κ2) is 6.81. The first-order valence-corrected chi connectivity index (χ1v) is 8.88. The van der Waals surface area contributed by atoms with Crippen LogP contribution in [0.1, 0.15) is 11.1 Å². The number of pyridine rings is 1. The van der Waals surface area contributed by atoms with Gasteiger partial charge in [-0.3, -0.25) is 4.79 Å². The molecule has 1 N–H and O–H groups in total. The molecule has 4 rings (SSSR count). The fourth-order valence-corrected chi connectivity index (χ4v) is 3.22. The fraction of sp³-hybridized carbons (Fsp3) is 0.136. The summed E-state index contributed by atoms with van der Waals surface area (Å²) in [5.41, 5.74) is 3.24. The summed E-state index contributed by atoms with van der Waals surface area (Å²) >= 11 is 0. The molecule has 0 spiro atoms. The molecule has 0 aliphatic rings. The van der Waals surface area contributed by atoms with Gasteiger partial charge in [0.2, 0.25) is 5.82 Å². The molecule has 0 atom stereocenters. The van der Waals surface area contributed by atoms with Gasteiger partial charge in [-0.2, -0.15) is 4.98 Å². The molecule has 2 heterocycles. The van der Waals surface area contributed by atoms with Gasteiger partial charge in [0.1, 0.15) is 11.3 Å². The van der Waals surface area contributed by atoms with Gasteiger partial charge in [0.05, 0.1) is 5.52 Å². The Labute approximate surface area is 161 Å². The zero-order valence-electron chi connectivity index (χ0n) is 15.6. The molecular weight excluding hydrogens is 354 g/mol. The molecule has 0 aliphatic heterocycles. The van der Waals surface area contributed by atoms with Crippen molar-refractivity contribution in [1.82, 2.24) is 14.7 Å². The predicted molar refractivity (Wildman–Crippen MR) is 108 cm³/mol. The lowest BCUT2D eigenvalue weighted by Gasteiger charge is -2.11. The van der Waals surface area contributed by atoms with Crippen LogP contribution in [-0.2, 0) is 6.54 Å². The third-order valence-corrected chi connectivity index (χ3v) is 4.86. The van der Waals surface area contributed by atoms with E-state index in [-0.39, 0.29) is 17.2 Å². The normalized spacial score (nSPS) is 11.1. The van der Waals surface area contributed by atoms with Gasteiger partial charge in [0.15, 0.2) is 0 Å². The zero-order valence-corrected chi connectivity index (χ0v) is 15.6. The predicted octanol–water partition coefficient (Wildman–Crippen LogP) is 4.23. The quantitative estimate of drug-likeness (QED) is 0.542. The Bertz CT molecular complexity index is 1270. The molecule has 4 aromatic rings. The van der Waals surface area contributed by atoms with E-state index in [0.717, 1.165) is 16.7 Å². The summed E-state index contributed by atoms with van der Waals surface area (Å²) in [7, 11) is 0. The van der Waals surface area contributed by atoms with Crippen LogP contribution >= 0.6 is 0 Å². The first-order chi connectivity index (χ1) is 13.5. The monoisotopic (exact) mass is 373 g/mol. The smallest absolute Gasteiger partial charge is 0.268 e. The van der Waals surface area contributed by atoms with Crippen LogP contribution in [0.3, 0.4) is 0 Å². The number of benzene rings is 2. The Kier molecular flexibility index (Phi) is 4.31. The number of fused-ring (bicyclic) bond motifs is 1. The Balaban J connectivity index is 1.93. The van der Waals surface area contributed by atoms with Crippen molar-refractivity contribution in [2.45, 2.75) is 20.4 Å². The first-order valence-electron chi connectivity index (χ1n) is 8.88. The van der Waals surface area contributed by atoms with E-state index >= 15 is 0 Å². The highest BCUT2D eigenvalue weighted by Gasteiger charge is 2.22. The molecule has 0 fully saturated rings. The van der Waals surface area contributed by atoms with Crippen molar-refractivity contribution in [3.63, 3.8) is 0 Å². The zero-order chi connectivity index (χ0) is 19.8. The summed E-state index contributed by atoms with van der Waals surface area (Å²) in [5.74, 6) is 0.177. The summed E-state index contributed by atoms with van der Waals surface area (Å²) in [6.07, 6.45) is 1.63. The standard InChI is InChI=1S/C22H19N3O3/c1-4-11-25-17-8-6-5-7-16(17)19(26)18(22(25)27)21-23-20(24-28-21)15-10-9-13(2)14(3)12-15/h4-10,12,26H,1,11H2,2-3H3. The number of hydrogen-bond donors (Lipinski definition) is 1. The van der Waals surface area contributed by atoms with Crippen molar-refractivity contribution < 1.29 is 9.63 Å². The van der Waals surface area contributed by atoms with E-state index in [4.69, 9.17) is 4.52 Å². The van der Waals surface area contributed by atoms with Crippen molar-refractivity contribution in [1.29, 1.82) is 0 Å². The number of aromatic hydroxyl groups is 1. The lowest BCUT2D eigenvalue weighted by molar-refractivity contribution is 0.425. The Morgan fingerprint density at radius 3 is 2.71 bits per heavy atom. The van der Waals surface area contributed by atoms with E-state index < -0.39 is 5.56 Å². The summed E-state index contributed by atoms with van der Waals surface area (Å²) < 4.78 is 6.88. The van der Waals surface area contributed by atoms with E-state index in [1.54, 1.807) is 24.3 Å². The number of rotatable bonds is 4.